The van der Waals surface area contributed by atoms with E-state index in [0.29, 0.717) is 12.1 Å². The molecule has 0 radical (unpaired) electrons. The number of nitrogens with zero attached hydrogens (tertiary/aromatic N) is 1. The van der Waals surface area contributed by atoms with Gasteiger partial charge in [-0.15, -0.1) is 0 Å². The van der Waals surface area contributed by atoms with Gasteiger partial charge in [0.1, 0.15) is 0 Å². The van der Waals surface area contributed by atoms with Crippen LogP contribution in [0.4, 0.5) is 5.69 Å². The van der Waals surface area contributed by atoms with Gasteiger partial charge in [-0.25, -0.2) is 0 Å². The molecule has 2 heterocycles. The summed E-state index contributed by atoms with van der Waals surface area (Å²) >= 11 is 0. The van der Waals surface area contributed by atoms with Crippen LogP contribution in [0.5, 0.6) is 0 Å². The number of carbonyl (C=O) groups excluding carboxylic acids is 2. The van der Waals surface area contributed by atoms with Crippen molar-refractivity contribution in [2.45, 2.75) is 53.0 Å². The van der Waals surface area contributed by atoms with Crippen molar-refractivity contribution in [1.29, 1.82) is 0 Å². The Labute approximate surface area is 171 Å². The molecular weight excluding hydrogens is 366 g/mol. The number of nitrogens with one attached hydrogen (secondary N) is 2. The standard InChI is InChI=1S/C23H29N3O3/c1-4-5-6-17-7-9-19(10-8-17)26-14-18(12-21(26)27)22(28)24-13-20-15(2)11-16(3)25-23(20)29/h7-11,18H,4-6,12-14H2,1-3H3,(H,24,28)(H,25,29). The second-order valence-electron chi connectivity index (χ2n) is 7.84. The van der Waals surface area contributed by atoms with Crippen molar-refractivity contribution in [2.75, 3.05) is 11.4 Å². The highest BCUT2D eigenvalue weighted by Crippen LogP contribution is 2.26. The summed E-state index contributed by atoms with van der Waals surface area (Å²) in [5.41, 5.74) is 4.09. The van der Waals surface area contributed by atoms with Gasteiger partial charge in [0.25, 0.3) is 5.56 Å². The molecule has 1 aliphatic heterocycles. The first-order valence-corrected chi connectivity index (χ1v) is 10.3. The molecule has 0 saturated carbocycles. The minimum atomic E-state index is -0.410. The number of pyridine rings is 1. The summed E-state index contributed by atoms with van der Waals surface area (Å²) in [7, 11) is 0. The first-order valence-electron chi connectivity index (χ1n) is 10.3. The van der Waals surface area contributed by atoms with E-state index in [2.05, 4.69) is 29.4 Å². The van der Waals surface area contributed by atoms with Crippen LogP contribution in [0.3, 0.4) is 0 Å². The fourth-order valence-electron chi connectivity index (χ4n) is 3.78. The smallest absolute Gasteiger partial charge is 0.253 e. The van der Waals surface area contributed by atoms with Gasteiger partial charge in [0.15, 0.2) is 0 Å². The fourth-order valence-corrected chi connectivity index (χ4v) is 3.78. The highest BCUT2D eigenvalue weighted by Gasteiger charge is 2.35. The molecule has 0 spiro atoms. The molecule has 2 N–H and O–H groups in total. The summed E-state index contributed by atoms with van der Waals surface area (Å²) in [6, 6.07) is 9.90. The summed E-state index contributed by atoms with van der Waals surface area (Å²) in [5.74, 6) is -0.650. The van der Waals surface area contributed by atoms with Crippen molar-refractivity contribution in [3.63, 3.8) is 0 Å². The normalized spacial score (nSPS) is 16.3. The van der Waals surface area contributed by atoms with E-state index in [4.69, 9.17) is 0 Å². The number of hydrogen-bond donors (Lipinski definition) is 2. The van der Waals surface area contributed by atoms with Crippen molar-refractivity contribution in [1.82, 2.24) is 10.3 Å². The van der Waals surface area contributed by atoms with E-state index in [1.807, 2.05) is 32.0 Å². The molecular formula is C23H29N3O3. The third-order valence-corrected chi connectivity index (χ3v) is 5.50. The van der Waals surface area contributed by atoms with Crippen LogP contribution >= 0.6 is 0 Å². The monoisotopic (exact) mass is 395 g/mol. The van der Waals surface area contributed by atoms with E-state index >= 15 is 0 Å². The number of rotatable bonds is 7. The molecule has 1 fully saturated rings. The maximum absolute atomic E-state index is 12.6. The highest BCUT2D eigenvalue weighted by molar-refractivity contribution is 6.00. The maximum Gasteiger partial charge on any atom is 0.253 e. The van der Waals surface area contributed by atoms with Gasteiger partial charge in [-0.05, 0) is 56.0 Å². The average molecular weight is 396 g/mol. The minimum absolute atomic E-state index is 0.0455. The van der Waals surface area contributed by atoms with E-state index in [-0.39, 0.29) is 30.3 Å². The van der Waals surface area contributed by atoms with Crippen molar-refractivity contribution in [3.05, 3.63) is 63.1 Å². The Kier molecular flexibility index (Phi) is 6.52. The molecule has 1 aliphatic rings. The first kappa shape index (κ1) is 20.8. The van der Waals surface area contributed by atoms with Gasteiger partial charge in [-0.1, -0.05) is 25.5 Å². The summed E-state index contributed by atoms with van der Waals surface area (Å²) in [6.45, 7) is 6.37. The summed E-state index contributed by atoms with van der Waals surface area (Å²) < 4.78 is 0. The molecule has 1 aromatic heterocycles. The fraction of sp³-hybridized carbons (Fsp3) is 0.435. The van der Waals surface area contributed by atoms with Crippen LogP contribution in [0.25, 0.3) is 0 Å². The molecule has 2 aromatic rings. The molecule has 1 atom stereocenters. The first-order chi connectivity index (χ1) is 13.9. The lowest BCUT2D eigenvalue weighted by Crippen LogP contribution is -2.34. The zero-order chi connectivity index (χ0) is 21.0. The van der Waals surface area contributed by atoms with Crippen molar-refractivity contribution >= 4 is 17.5 Å². The van der Waals surface area contributed by atoms with Gasteiger partial charge in [0.2, 0.25) is 11.8 Å². The summed E-state index contributed by atoms with van der Waals surface area (Å²) in [6.07, 6.45) is 3.52. The molecule has 1 unspecified atom stereocenters. The van der Waals surface area contributed by atoms with Crippen LogP contribution in [0.2, 0.25) is 0 Å². The van der Waals surface area contributed by atoms with Gasteiger partial charge < -0.3 is 15.2 Å². The van der Waals surface area contributed by atoms with E-state index in [1.165, 1.54) is 5.56 Å². The quantitative estimate of drug-likeness (QED) is 0.756. The molecule has 1 aromatic carbocycles. The Morgan fingerprint density at radius 2 is 1.93 bits per heavy atom. The molecule has 29 heavy (non-hydrogen) atoms. The lowest BCUT2D eigenvalue weighted by atomic mass is 10.1. The van der Waals surface area contributed by atoms with Crippen LogP contribution in [0.15, 0.2) is 35.1 Å². The van der Waals surface area contributed by atoms with E-state index in [9.17, 15) is 14.4 Å². The zero-order valence-electron chi connectivity index (χ0n) is 17.4. The van der Waals surface area contributed by atoms with Crippen molar-refractivity contribution < 1.29 is 9.59 Å². The Balaban J connectivity index is 1.61. The van der Waals surface area contributed by atoms with Crippen LogP contribution in [0, 0.1) is 19.8 Å². The average Bonchev–Trinajstić information content (AvgIpc) is 3.07. The molecule has 6 heteroatoms. The number of aromatic nitrogens is 1. The SMILES string of the molecule is CCCCc1ccc(N2CC(C(=O)NCc3c(C)cc(C)[nH]c3=O)CC2=O)cc1. The van der Waals surface area contributed by atoms with Gasteiger partial charge in [-0.3, -0.25) is 14.4 Å². The number of anilines is 1. The highest BCUT2D eigenvalue weighted by atomic mass is 16.2. The number of hydrogen-bond acceptors (Lipinski definition) is 3. The Morgan fingerprint density at radius 1 is 1.21 bits per heavy atom. The molecule has 6 nitrogen and oxygen atoms in total. The van der Waals surface area contributed by atoms with Gasteiger partial charge in [0.05, 0.1) is 5.92 Å². The second-order valence-corrected chi connectivity index (χ2v) is 7.84. The maximum atomic E-state index is 12.6. The summed E-state index contributed by atoms with van der Waals surface area (Å²) in [5, 5.41) is 2.83. The number of benzene rings is 1. The minimum Gasteiger partial charge on any atom is -0.351 e. The van der Waals surface area contributed by atoms with Crippen LogP contribution in [-0.4, -0.2) is 23.3 Å². The summed E-state index contributed by atoms with van der Waals surface area (Å²) in [4.78, 5) is 41.6. The number of H-pyrrole nitrogens is 1. The molecule has 2 amide bonds. The number of aromatic amines is 1. The van der Waals surface area contributed by atoms with E-state index < -0.39 is 5.92 Å². The van der Waals surface area contributed by atoms with Crippen LogP contribution in [0.1, 0.15) is 48.6 Å². The lowest BCUT2D eigenvalue weighted by molar-refractivity contribution is -0.126. The Hall–Kier alpha value is -2.89. The van der Waals surface area contributed by atoms with Gasteiger partial charge in [0, 0.05) is 36.5 Å². The van der Waals surface area contributed by atoms with Gasteiger partial charge in [-0.2, -0.15) is 0 Å². The second kappa shape index (κ2) is 9.07. The molecule has 154 valence electrons. The topological polar surface area (TPSA) is 82.3 Å². The number of carbonyl (C=O) groups is 2. The third-order valence-electron chi connectivity index (χ3n) is 5.50. The predicted molar refractivity (Wildman–Crippen MR) is 114 cm³/mol. The van der Waals surface area contributed by atoms with Crippen molar-refractivity contribution in [2.24, 2.45) is 5.92 Å². The van der Waals surface area contributed by atoms with E-state index in [0.717, 1.165) is 36.2 Å². The third kappa shape index (κ3) is 4.94. The van der Waals surface area contributed by atoms with Crippen LogP contribution in [-0.2, 0) is 22.6 Å². The molecule has 1 saturated heterocycles. The Morgan fingerprint density at radius 3 is 2.59 bits per heavy atom. The van der Waals surface area contributed by atoms with E-state index in [1.54, 1.807) is 4.90 Å². The van der Waals surface area contributed by atoms with Gasteiger partial charge >= 0.3 is 0 Å². The zero-order valence-corrected chi connectivity index (χ0v) is 17.4. The number of amides is 2. The lowest BCUT2D eigenvalue weighted by Gasteiger charge is -2.17. The van der Waals surface area contributed by atoms with Crippen molar-refractivity contribution in [3.8, 4) is 0 Å². The largest absolute Gasteiger partial charge is 0.351 e. The number of unbranched alkanes of at least 4 members (excludes halogenated alkanes) is 1. The molecule has 0 aliphatic carbocycles. The Bertz CT molecular complexity index is 947. The predicted octanol–water partition coefficient (Wildman–Crippen LogP) is 3.00. The number of aryl methyl sites for hydroxylation is 3. The molecule has 3 rings (SSSR count). The van der Waals surface area contributed by atoms with Crippen LogP contribution < -0.4 is 15.8 Å². The molecule has 0 bridgehead atoms.